The third-order valence-corrected chi connectivity index (χ3v) is 7.68. The normalized spacial score (nSPS) is 14.9. The van der Waals surface area contributed by atoms with Gasteiger partial charge in [0.25, 0.3) is 5.91 Å². The summed E-state index contributed by atoms with van der Waals surface area (Å²) in [4.78, 5) is 19.4. The molecule has 1 aliphatic rings. The first kappa shape index (κ1) is 20.3. The lowest BCUT2D eigenvalue weighted by atomic mass is 10.1. The van der Waals surface area contributed by atoms with E-state index in [4.69, 9.17) is 11.6 Å². The van der Waals surface area contributed by atoms with Gasteiger partial charge in [-0.3, -0.25) is 9.78 Å². The van der Waals surface area contributed by atoms with E-state index in [-0.39, 0.29) is 21.3 Å². The Morgan fingerprint density at radius 3 is 2.41 bits per heavy atom. The van der Waals surface area contributed by atoms with E-state index in [0.717, 1.165) is 23.7 Å². The van der Waals surface area contributed by atoms with Crippen LogP contribution in [0, 0.1) is 0 Å². The van der Waals surface area contributed by atoms with Crippen LogP contribution in [0.15, 0.2) is 62.9 Å². The third-order valence-electron chi connectivity index (χ3n) is 5.05. The summed E-state index contributed by atoms with van der Waals surface area (Å²) in [6.07, 6.45) is 4.26. The molecule has 0 spiro atoms. The smallest absolute Gasteiger partial charge is 0.256 e. The Balaban J connectivity index is 1.97. The molecule has 5 nitrogen and oxygen atoms in total. The molecule has 0 N–H and O–H groups in total. The Morgan fingerprint density at radius 2 is 1.72 bits per heavy atom. The van der Waals surface area contributed by atoms with Gasteiger partial charge < -0.3 is 4.90 Å². The minimum atomic E-state index is -3.98. The highest BCUT2D eigenvalue weighted by Crippen LogP contribution is 2.33. The van der Waals surface area contributed by atoms with Gasteiger partial charge in [0.2, 0.25) is 9.84 Å². The van der Waals surface area contributed by atoms with Crippen molar-refractivity contribution in [2.24, 2.45) is 0 Å². The molecule has 0 radical (unpaired) electrons. The summed E-state index contributed by atoms with van der Waals surface area (Å²) in [5, 5.41) is 0.734. The van der Waals surface area contributed by atoms with Crippen molar-refractivity contribution in [1.82, 2.24) is 9.88 Å². The summed E-state index contributed by atoms with van der Waals surface area (Å²) in [5.41, 5.74) is 0.560. The standard InChI is InChI=1S/C21H18BrClN2O3S/c22-14-4-7-16(8-5-14)29(27,28)20-17-12-15(23)6-9-19(17)24-13-18(20)21(26)25-10-2-1-3-11-25/h4-9,12-13H,1-3,10-11H2. The van der Waals surface area contributed by atoms with E-state index in [1.165, 1.54) is 18.3 Å². The van der Waals surface area contributed by atoms with Crippen LogP contribution < -0.4 is 0 Å². The van der Waals surface area contributed by atoms with Gasteiger partial charge in [0, 0.05) is 34.2 Å². The number of halogens is 2. The summed E-state index contributed by atoms with van der Waals surface area (Å²) in [6.45, 7) is 1.23. The maximum atomic E-state index is 13.6. The Bertz CT molecular complexity index is 1190. The number of nitrogens with zero attached hydrogens (tertiary/aromatic N) is 2. The number of pyridine rings is 1. The lowest BCUT2D eigenvalue weighted by Crippen LogP contribution is -2.36. The number of carbonyl (C=O) groups excluding carboxylic acids is 1. The number of amides is 1. The van der Waals surface area contributed by atoms with Crippen LogP contribution >= 0.6 is 27.5 Å². The minimum Gasteiger partial charge on any atom is -0.339 e. The van der Waals surface area contributed by atoms with Crippen LogP contribution in [-0.4, -0.2) is 37.3 Å². The number of hydrogen-bond acceptors (Lipinski definition) is 4. The Kier molecular flexibility index (Phi) is 5.64. The van der Waals surface area contributed by atoms with Gasteiger partial charge in [-0.05, 0) is 61.7 Å². The van der Waals surface area contributed by atoms with Crippen molar-refractivity contribution in [1.29, 1.82) is 0 Å². The van der Waals surface area contributed by atoms with E-state index in [1.54, 1.807) is 35.2 Å². The van der Waals surface area contributed by atoms with E-state index in [2.05, 4.69) is 20.9 Å². The number of likely N-dealkylation sites (tertiary alicyclic amines) is 1. The van der Waals surface area contributed by atoms with Gasteiger partial charge in [-0.25, -0.2) is 8.42 Å². The van der Waals surface area contributed by atoms with Gasteiger partial charge in [0.1, 0.15) is 0 Å². The second kappa shape index (κ2) is 8.05. The predicted octanol–water partition coefficient (Wildman–Crippen LogP) is 5.11. The highest BCUT2D eigenvalue weighted by Gasteiger charge is 2.30. The number of fused-ring (bicyclic) bond motifs is 1. The van der Waals surface area contributed by atoms with Crippen molar-refractivity contribution >= 4 is 54.2 Å². The fraction of sp³-hybridized carbons (Fsp3) is 0.238. The van der Waals surface area contributed by atoms with E-state index in [9.17, 15) is 13.2 Å². The van der Waals surface area contributed by atoms with Crippen molar-refractivity contribution in [3.63, 3.8) is 0 Å². The summed E-state index contributed by atoms with van der Waals surface area (Å²) in [5.74, 6) is -0.310. The van der Waals surface area contributed by atoms with Crippen molar-refractivity contribution in [2.75, 3.05) is 13.1 Å². The second-order valence-electron chi connectivity index (χ2n) is 6.97. The molecule has 1 amide bonds. The number of hydrogen-bond donors (Lipinski definition) is 0. The summed E-state index contributed by atoms with van der Waals surface area (Å²) < 4.78 is 28.0. The first-order valence-electron chi connectivity index (χ1n) is 9.26. The van der Waals surface area contributed by atoms with Crippen LogP contribution in [0.1, 0.15) is 29.6 Å². The van der Waals surface area contributed by atoms with Crippen molar-refractivity contribution in [3.8, 4) is 0 Å². The molecule has 0 saturated carbocycles. The fourth-order valence-corrected chi connectivity index (χ4v) is 5.63. The lowest BCUT2D eigenvalue weighted by molar-refractivity contribution is 0.0720. The Hall–Kier alpha value is -1.96. The number of benzene rings is 2. The van der Waals surface area contributed by atoms with Crippen molar-refractivity contribution < 1.29 is 13.2 Å². The van der Waals surface area contributed by atoms with E-state index < -0.39 is 9.84 Å². The average Bonchev–Trinajstić information content (AvgIpc) is 2.73. The number of rotatable bonds is 3. The minimum absolute atomic E-state index is 0.0390. The molecule has 29 heavy (non-hydrogen) atoms. The van der Waals surface area contributed by atoms with Gasteiger partial charge in [-0.1, -0.05) is 27.5 Å². The summed E-state index contributed by atoms with van der Waals surface area (Å²) in [7, 11) is -3.98. The topological polar surface area (TPSA) is 67.3 Å². The predicted molar refractivity (Wildman–Crippen MR) is 116 cm³/mol. The van der Waals surface area contributed by atoms with Crippen molar-refractivity contribution in [2.45, 2.75) is 29.1 Å². The molecule has 2 aromatic carbocycles. The maximum Gasteiger partial charge on any atom is 0.256 e. The molecule has 0 aliphatic carbocycles. The molecule has 1 aromatic heterocycles. The molecule has 3 aromatic rings. The molecule has 150 valence electrons. The zero-order valence-electron chi connectivity index (χ0n) is 15.4. The highest BCUT2D eigenvalue weighted by molar-refractivity contribution is 9.10. The molecule has 1 aliphatic heterocycles. The van der Waals surface area contributed by atoms with E-state index in [1.807, 2.05) is 0 Å². The average molecular weight is 494 g/mol. The largest absolute Gasteiger partial charge is 0.339 e. The molecular formula is C21H18BrClN2O3S. The molecule has 1 saturated heterocycles. The first-order valence-corrected chi connectivity index (χ1v) is 11.9. The van der Waals surface area contributed by atoms with Gasteiger partial charge in [-0.2, -0.15) is 0 Å². The number of piperidine rings is 1. The van der Waals surface area contributed by atoms with Gasteiger partial charge in [0.15, 0.2) is 0 Å². The first-order chi connectivity index (χ1) is 13.9. The van der Waals surface area contributed by atoms with Gasteiger partial charge >= 0.3 is 0 Å². The number of aromatic nitrogens is 1. The third kappa shape index (κ3) is 3.91. The molecule has 0 bridgehead atoms. The Morgan fingerprint density at radius 1 is 1.03 bits per heavy atom. The monoisotopic (exact) mass is 492 g/mol. The fourth-order valence-electron chi connectivity index (χ4n) is 3.58. The maximum absolute atomic E-state index is 13.6. The van der Waals surface area contributed by atoms with Gasteiger partial charge in [-0.15, -0.1) is 0 Å². The molecule has 8 heteroatoms. The molecule has 0 unspecified atom stereocenters. The number of carbonyl (C=O) groups is 1. The molecule has 4 rings (SSSR count). The Labute approximate surface area is 182 Å². The zero-order valence-corrected chi connectivity index (χ0v) is 18.6. The van der Waals surface area contributed by atoms with Crippen LogP contribution in [-0.2, 0) is 9.84 Å². The molecule has 2 heterocycles. The van der Waals surface area contributed by atoms with Crippen LogP contribution in [0.25, 0.3) is 10.9 Å². The second-order valence-corrected chi connectivity index (χ2v) is 10.2. The highest BCUT2D eigenvalue weighted by atomic mass is 79.9. The summed E-state index contributed by atoms with van der Waals surface area (Å²) in [6, 6.07) is 11.2. The van der Waals surface area contributed by atoms with Crippen LogP contribution in [0.2, 0.25) is 5.02 Å². The lowest BCUT2D eigenvalue weighted by Gasteiger charge is -2.27. The van der Waals surface area contributed by atoms with E-state index in [0.29, 0.717) is 29.0 Å². The molecule has 1 fully saturated rings. The van der Waals surface area contributed by atoms with Crippen LogP contribution in [0.3, 0.4) is 0 Å². The molecular weight excluding hydrogens is 476 g/mol. The van der Waals surface area contributed by atoms with E-state index >= 15 is 0 Å². The quantitative estimate of drug-likeness (QED) is 0.508. The van der Waals surface area contributed by atoms with Crippen LogP contribution in [0.5, 0.6) is 0 Å². The number of sulfone groups is 1. The molecule has 0 atom stereocenters. The van der Waals surface area contributed by atoms with Gasteiger partial charge in [0.05, 0.1) is 20.9 Å². The van der Waals surface area contributed by atoms with Crippen LogP contribution in [0.4, 0.5) is 0 Å². The zero-order chi connectivity index (χ0) is 20.6. The van der Waals surface area contributed by atoms with Crippen molar-refractivity contribution in [3.05, 3.63) is 63.7 Å². The summed E-state index contributed by atoms with van der Waals surface area (Å²) >= 11 is 9.49. The SMILES string of the molecule is O=C(c1cnc2ccc(Cl)cc2c1S(=O)(=O)c1ccc(Br)cc1)N1CCCCC1.